The molecule has 0 radical (unpaired) electrons. The predicted molar refractivity (Wildman–Crippen MR) is 58.9 cm³/mol. The molecule has 0 aromatic carbocycles. The summed E-state index contributed by atoms with van der Waals surface area (Å²) in [4.78, 5) is 0. The Labute approximate surface area is 94.9 Å². The lowest BCUT2D eigenvalue weighted by Gasteiger charge is -2.17. The molecule has 2 aliphatic rings. The highest BCUT2D eigenvalue weighted by Gasteiger charge is 2.29. The number of β-amino-alcohol motifs (C(OH)–C–C–N with tert-alkyl or cyclic N) is 1. The molecular formula is C11H18N4O. The number of nitrogens with zero attached hydrogens (tertiary/aromatic N) is 3. The van der Waals surface area contributed by atoms with Gasteiger partial charge in [0.05, 0.1) is 12.1 Å². The molecule has 1 aromatic rings. The highest BCUT2D eigenvalue weighted by Crippen LogP contribution is 2.32. The summed E-state index contributed by atoms with van der Waals surface area (Å²) in [5, 5.41) is 21.1. The second-order valence-corrected chi connectivity index (χ2v) is 4.89. The van der Waals surface area contributed by atoms with Crippen LogP contribution >= 0.6 is 0 Å². The largest absolute Gasteiger partial charge is 0.392 e. The first kappa shape index (κ1) is 10.2. The van der Waals surface area contributed by atoms with Crippen LogP contribution in [0.4, 0.5) is 0 Å². The van der Waals surface area contributed by atoms with E-state index in [1.54, 1.807) is 0 Å². The van der Waals surface area contributed by atoms with E-state index in [9.17, 15) is 5.11 Å². The number of aromatic nitrogens is 3. The number of rotatable bonds is 2. The molecule has 2 fully saturated rings. The van der Waals surface area contributed by atoms with E-state index in [1.165, 1.54) is 25.7 Å². The molecule has 0 amide bonds. The average molecular weight is 222 g/mol. The summed E-state index contributed by atoms with van der Waals surface area (Å²) < 4.78 is 2.21. The van der Waals surface area contributed by atoms with E-state index in [-0.39, 0.29) is 12.1 Å². The van der Waals surface area contributed by atoms with Crippen molar-refractivity contribution in [2.45, 2.75) is 50.3 Å². The maximum absolute atomic E-state index is 9.53. The van der Waals surface area contributed by atoms with Crippen LogP contribution < -0.4 is 5.32 Å². The first-order valence-corrected chi connectivity index (χ1v) is 6.15. The van der Waals surface area contributed by atoms with Gasteiger partial charge in [0, 0.05) is 12.6 Å². The number of aliphatic hydroxyl groups excluding tert-OH is 1. The molecule has 2 atom stereocenters. The number of aliphatic hydroxyl groups is 1. The molecule has 1 saturated carbocycles. The van der Waals surface area contributed by atoms with Crippen molar-refractivity contribution < 1.29 is 5.11 Å². The van der Waals surface area contributed by atoms with Crippen molar-refractivity contribution in [2.75, 3.05) is 6.54 Å². The quantitative estimate of drug-likeness (QED) is 0.776. The molecule has 0 bridgehead atoms. The van der Waals surface area contributed by atoms with Crippen LogP contribution in [-0.2, 0) is 0 Å². The fraction of sp³-hybridized carbons (Fsp3) is 0.818. The Morgan fingerprint density at radius 1 is 1.38 bits per heavy atom. The predicted octanol–water partition coefficient (Wildman–Crippen LogP) is 0.788. The Morgan fingerprint density at radius 2 is 2.19 bits per heavy atom. The zero-order valence-corrected chi connectivity index (χ0v) is 9.34. The molecule has 0 spiro atoms. The third-order valence-electron chi connectivity index (χ3n) is 3.74. The number of hydrogen-bond donors (Lipinski definition) is 2. The van der Waals surface area contributed by atoms with Gasteiger partial charge in [0.2, 0.25) is 0 Å². The van der Waals surface area contributed by atoms with Gasteiger partial charge in [-0.25, -0.2) is 0 Å². The van der Waals surface area contributed by atoms with E-state index >= 15 is 0 Å². The monoisotopic (exact) mass is 222 g/mol. The zero-order chi connectivity index (χ0) is 11.0. The SMILES string of the molecule is O[C@H]1CN[C@@H](c2nncn2C2CCCC2)C1. The molecule has 5 nitrogen and oxygen atoms in total. The van der Waals surface area contributed by atoms with E-state index in [0.29, 0.717) is 12.6 Å². The summed E-state index contributed by atoms with van der Waals surface area (Å²) in [6, 6.07) is 0.752. The normalized spacial score (nSPS) is 31.3. The van der Waals surface area contributed by atoms with E-state index in [1.807, 2.05) is 6.33 Å². The lowest BCUT2D eigenvalue weighted by atomic mass is 10.1. The van der Waals surface area contributed by atoms with Crippen molar-refractivity contribution in [2.24, 2.45) is 0 Å². The molecule has 0 unspecified atom stereocenters. The molecular weight excluding hydrogens is 204 g/mol. The van der Waals surface area contributed by atoms with E-state index in [2.05, 4.69) is 20.1 Å². The molecule has 1 aliphatic carbocycles. The van der Waals surface area contributed by atoms with Gasteiger partial charge in [-0.05, 0) is 19.3 Å². The molecule has 5 heteroatoms. The third-order valence-corrected chi connectivity index (χ3v) is 3.74. The van der Waals surface area contributed by atoms with Gasteiger partial charge >= 0.3 is 0 Å². The van der Waals surface area contributed by atoms with Crippen LogP contribution in [0.1, 0.15) is 50.0 Å². The van der Waals surface area contributed by atoms with Gasteiger partial charge in [0.1, 0.15) is 12.2 Å². The maximum atomic E-state index is 9.53. The van der Waals surface area contributed by atoms with E-state index in [0.717, 1.165) is 12.2 Å². The molecule has 2 N–H and O–H groups in total. The van der Waals surface area contributed by atoms with Crippen LogP contribution in [-0.4, -0.2) is 32.5 Å². The van der Waals surface area contributed by atoms with Gasteiger partial charge in [-0.15, -0.1) is 10.2 Å². The molecule has 88 valence electrons. The van der Waals surface area contributed by atoms with E-state index < -0.39 is 0 Å². The van der Waals surface area contributed by atoms with E-state index in [4.69, 9.17) is 0 Å². The lowest BCUT2D eigenvalue weighted by molar-refractivity contribution is 0.192. The summed E-state index contributed by atoms with van der Waals surface area (Å²) in [6.07, 6.45) is 7.45. The topological polar surface area (TPSA) is 63.0 Å². The van der Waals surface area contributed by atoms with Gasteiger partial charge in [-0.3, -0.25) is 0 Å². The van der Waals surface area contributed by atoms with Crippen LogP contribution in [0.5, 0.6) is 0 Å². The Hall–Kier alpha value is -0.940. The standard InChI is InChI=1S/C11H18N4O/c16-9-5-10(12-6-9)11-14-13-7-15(11)8-3-1-2-4-8/h7-10,12,16H,1-6H2/t9-,10-/m1/s1. The molecule has 3 rings (SSSR count). The Kier molecular flexibility index (Phi) is 2.65. The number of hydrogen-bond acceptors (Lipinski definition) is 4. The van der Waals surface area contributed by atoms with Crippen molar-refractivity contribution in [1.82, 2.24) is 20.1 Å². The molecule has 16 heavy (non-hydrogen) atoms. The average Bonchev–Trinajstić information content (AvgIpc) is 2.96. The van der Waals surface area contributed by atoms with Gasteiger partial charge in [0.15, 0.2) is 0 Å². The van der Waals surface area contributed by atoms with Crippen molar-refractivity contribution in [3.05, 3.63) is 12.2 Å². The fourth-order valence-electron chi connectivity index (χ4n) is 2.88. The highest BCUT2D eigenvalue weighted by molar-refractivity contribution is 5.02. The van der Waals surface area contributed by atoms with Crippen LogP contribution in [0.15, 0.2) is 6.33 Å². The van der Waals surface area contributed by atoms with Crippen LogP contribution in [0.25, 0.3) is 0 Å². The minimum atomic E-state index is -0.237. The summed E-state index contributed by atoms with van der Waals surface area (Å²) >= 11 is 0. The van der Waals surface area contributed by atoms with Crippen LogP contribution in [0, 0.1) is 0 Å². The van der Waals surface area contributed by atoms with Gasteiger partial charge < -0.3 is 15.0 Å². The van der Waals surface area contributed by atoms with Crippen molar-refractivity contribution in [3.8, 4) is 0 Å². The van der Waals surface area contributed by atoms with Gasteiger partial charge in [-0.2, -0.15) is 0 Å². The molecule has 2 heterocycles. The lowest BCUT2D eigenvalue weighted by Crippen LogP contribution is -2.20. The Bertz CT molecular complexity index is 359. The van der Waals surface area contributed by atoms with Gasteiger partial charge in [0.25, 0.3) is 0 Å². The molecule has 1 saturated heterocycles. The summed E-state index contributed by atoms with van der Waals surface area (Å²) in [5.41, 5.74) is 0. The fourth-order valence-corrected chi connectivity index (χ4v) is 2.88. The van der Waals surface area contributed by atoms with Crippen molar-refractivity contribution in [3.63, 3.8) is 0 Å². The van der Waals surface area contributed by atoms with Crippen molar-refractivity contribution >= 4 is 0 Å². The first-order chi connectivity index (χ1) is 7.84. The van der Waals surface area contributed by atoms with Gasteiger partial charge in [-0.1, -0.05) is 12.8 Å². The highest BCUT2D eigenvalue weighted by atomic mass is 16.3. The molecule has 1 aliphatic heterocycles. The maximum Gasteiger partial charge on any atom is 0.150 e. The molecule has 1 aromatic heterocycles. The summed E-state index contributed by atoms with van der Waals surface area (Å²) in [6.45, 7) is 0.669. The Balaban J connectivity index is 1.81. The minimum Gasteiger partial charge on any atom is -0.392 e. The summed E-state index contributed by atoms with van der Waals surface area (Å²) in [5.74, 6) is 1.00. The number of nitrogens with one attached hydrogen (secondary N) is 1. The van der Waals surface area contributed by atoms with Crippen molar-refractivity contribution in [1.29, 1.82) is 0 Å². The zero-order valence-electron chi connectivity index (χ0n) is 9.34. The van der Waals surface area contributed by atoms with Crippen LogP contribution in [0.3, 0.4) is 0 Å². The smallest absolute Gasteiger partial charge is 0.150 e. The second kappa shape index (κ2) is 4.14. The minimum absolute atomic E-state index is 0.179. The first-order valence-electron chi connectivity index (χ1n) is 6.15. The van der Waals surface area contributed by atoms with Crippen LogP contribution in [0.2, 0.25) is 0 Å². The second-order valence-electron chi connectivity index (χ2n) is 4.89. The summed E-state index contributed by atoms with van der Waals surface area (Å²) in [7, 11) is 0. The Morgan fingerprint density at radius 3 is 2.88 bits per heavy atom. The third kappa shape index (κ3) is 1.74.